The summed E-state index contributed by atoms with van der Waals surface area (Å²) >= 11 is 0. The molecule has 1 aliphatic heterocycles. The Hall–Kier alpha value is -0.410. The molecule has 2 aliphatic carbocycles. The van der Waals surface area contributed by atoms with Crippen molar-refractivity contribution in [3.8, 4) is 0 Å². The highest BCUT2D eigenvalue weighted by Crippen LogP contribution is 2.30. The van der Waals surface area contributed by atoms with E-state index in [1.54, 1.807) is 0 Å². The Morgan fingerprint density at radius 2 is 1.59 bits per heavy atom. The van der Waals surface area contributed by atoms with E-state index in [2.05, 4.69) is 9.80 Å². The maximum Gasteiger partial charge on any atom is 0.0113 e. The highest BCUT2D eigenvalue weighted by atomic mass is 15.3. The lowest BCUT2D eigenvalue weighted by atomic mass is 9.92. The van der Waals surface area contributed by atoms with Crippen LogP contribution in [-0.2, 0) is 0 Å². The lowest BCUT2D eigenvalue weighted by molar-refractivity contribution is 0.0846. The van der Waals surface area contributed by atoms with Crippen molar-refractivity contribution in [2.75, 3.05) is 32.7 Å². The molecule has 0 unspecified atom stereocenters. The SMILES string of the molecule is N=C1CCC(N2CCN(CC3CC3)CC2)CC1. The Morgan fingerprint density at radius 1 is 0.941 bits per heavy atom. The van der Waals surface area contributed by atoms with Gasteiger partial charge in [0.15, 0.2) is 0 Å². The molecule has 0 atom stereocenters. The molecule has 1 saturated heterocycles. The Bertz CT molecular complexity index is 267. The summed E-state index contributed by atoms with van der Waals surface area (Å²) in [6, 6.07) is 0.784. The maximum absolute atomic E-state index is 7.68. The van der Waals surface area contributed by atoms with Gasteiger partial charge in [-0.1, -0.05) is 0 Å². The first-order chi connectivity index (χ1) is 8.31. The van der Waals surface area contributed by atoms with Gasteiger partial charge in [0.1, 0.15) is 0 Å². The van der Waals surface area contributed by atoms with Gasteiger partial charge in [-0.25, -0.2) is 0 Å². The van der Waals surface area contributed by atoms with Gasteiger partial charge in [-0.3, -0.25) is 4.90 Å². The molecule has 3 fully saturated rings. The number of hydrogen-bond donors (Lipinski definition) is 1. The minimum atomic E-state index is 0.784. The molecular formula is C14H25N3. The van der Waals surface area contributed by atoms with Crippen molar-refractivity contribution in [3.05, 3.63) is 0 Å². The summed E-state index contributed by atoms with van der Waals surface area (Å²) in [4.78, 5) is 5.36. The topological polar surface area (TPSA) is 30.3 Å². The average Bonchev–Trinajstić information content (AvgIpc) is 3.15. The summed E-state index contributed by atoms with van der Waals surface area (Å²) in [6.07, 6.45) is 7.53. The molecule has 0 aromatic rings. The summed E-state index contributed by atoms with van der Waals surface area (Å²) in [5.74, 6) is 1.04. The van der Waals surface area contributed by atoms with Gasteiger partial charge in [0.2, 0.25) is 0 Å². The number of nitrogens with zero attached hydrogens (tertiary/aromatic N) is 2. The Balaban J connectivity index is 1.42. The fraction of sp³-hybridized carbons (Fsp3) is 0.929. The molecule has 96 valence electrons. The number of rotatable bonds is 3. The first-order valence-electron chi connectivity index (χ1n) is 7.34. The van der Waals surface area contributed by atoms with E-state index in [1.807, 2.05) is 0 Å². The van der Waals surface area contributed by atoms with Gasteiger partial charge in [-0.05, 0) is 44.4 Å². The van der Waals surface area contributed by atoms with E-state index in [1.165, 1.54) is 58.4 Å². The van der Waals surface area contributed by atoms with Gasteiger partial charge < -0.3 is 10.3 Å². The first-order valence-corrected chi connectivity index (χ1v) is 7.34. The second kappa shape index (κ2) is 5.07. The summed E-state index contributed by atoms with van der Waals surface area (Å²) < 4.78 is 0. The Kier molecular flexibility index (Phi) is 3.48. The molecule has 3 rings (SSSR count). The monoisotopic (exact) mass is 235 g/mol. The van der Waals surface area contributed by atoms with Crippen molar-refractivity contribution < 1.29 is 0 Å². The van der Waals surface area contributed by atoms with Crippen LogP contribution in [0.3, 0.4) is 0 Å². The minimum absolute atomic E-state index is 0.784. The third-order valence-corrected chi connectivity index (χ3v) is 4.70. The van der Waals surface area contributed by atoms with Crippen molar-refractivity contribution in [3.63, 3.8) is 0 Å². The van der Waals surface area contributed by atoms with Crippen LogP contribution in [0.5, 0.6) is 0 Å². The fourth-order valence-electron chi connectivity index (χ4n) is 3.29. The summed E-state index contributed by atoms with van der Waals surface area (Å²) in [5, 5.41) is 7.68. The van der Waals surface area contributed by atoms with E-state index >= 15 is 0 Å². The van der Waals surface area contributed by atoms with Crippen molar-refractivity contribution in [1.29, 1.82) is 5.41 Å². The molecule has 17 heavy (non-hydrogen) atoms. The lowest BCUT2D eigenvalue weighted by Crippen LogP contribution is -2.51. The van der Waals surface area contributed by atoms with Crippen molar-refractivity contribution in [1.82, 2.24) is 9.80 Å². The van der Waals surface area contributed by atoms with Gasteiger partial charge >= 0.3 is 0 Å². The van der Waals surface area contributed by atoms with Crippen LogP contribution in [0.1, 0.15) is 38.5 Å². The van der Waals surface area contributed by atoms with Crippen molar-refractivity contribution in [2.45, 2.75) is 44.6 Å². The third kappa shape index (κ3) is 3.08. The highest BCUT2D eigenvalue weighted by molar-refractivity contribution is 5.82. The summed E-state index contributed by atoms with van der Waals surface area (Å²) in [6.45, 7) is 6.47. The molecule has 0 bridgehead atoms. The first kappa shape index (κ1) is 11.7. The standard InChI is InChI=1S/C14H25N3/c15-13-3-5-14(6-4-13)17-9-7-16(8-10-17)11-12-1-2-12/h12,14-15H,1-11H2. The van der Waals surface area contributed by atoms with Crippen molar-refractivity contribution in [2.24, 2.45) is 5.92 Å². The molecule has 0 spiro atoms. The zero-order chi connectivity index (χ0) is 11.7. The normalized spacial score (nSPS) is 32.9. The van der Waals surface area contributed by atoms with E-state index in [0.29, 0.717) is 0 Å². The van der Waals surface area contributed by atoms with Gasteiger partial charge in [0, 0.05) is 44.5 Å². The smallest absolute Gasteiger partial charge is 0.0113 e. The number of nitrogens with one attached hydrogen (secondary N) is 1. The fourth-order valence-corrected chi connectivity index (χ4v) is 3.29. The highest BCUT2D eigenvalue weighted by Gasteiger charge is 2.29. The van der Waals surface area contributed by atoms with Gasteiger partial charge in [-0.15, -0.1) is 0 Å². The van der Waals surface area contributed by atoms with Crippen LogP contribution in [0.15, 0.2) is 0 Å². The van der Waals surface area contributed by atoms with Gasteiger partial charge in [0.05, 0.1) is 0 Å². The van der Waals surface area contributed by atoms with Crippen LogP contribution in [0.25, 0.3) is 0 Å². The number of piperazine rings is 1. The largest absolute Gasteiger partial charge is 0.310 e. The third-order valence-electron chi connectivity index (χ3n) is 4.70. The second-order valence-corrected chi connectivity index (χ2v) is 6.11. The van der Waals surface area contributed by atoms with E-state index in [9.17, 15) is 0 Å². The molecule has 0 radical (unpaired) electrons. The van der Waals surface area contributed by atoms with E-state index in [0.717, 1.165) is 30.5 Å². The van der Waals surface area contributed by atoms with Crippen LogP contribution < -0.4 is 0 Å². The second-order valence-electron chi connectivity index (χ2n) is 6.11. The zero-order valence-electron chi connectivity index (χ0n) is 10.8. The molecule has 1 N–H and O–H groups in total. The van der Waals surface area contributed by atoms with E-state index in [4.69, 9.17) is 5.41 Å². The zero-order valence-corrected chi connectivity index (χ0v) is 10.8. The molecule has 3 aliphatic rings. The van der Waals surface area contributed by atoms with Gasteiger partial charge in [-0.2, -0.15) is 0 Å². The molecule has 1 heterocycles. The van der Waals surface area contributed by atoms with Crippen LogP contribution in [0.4, 0.5) is 0 Å². The Morgan fingerprint density at radius 3 is 2.18 bits per heavy atom. The van der Waals surface area contributed by atoms with Crippen molar-refractivity contribution >= 4 is 5.71 Å². The Labute approximate surface area is 105 Å². The van der Waals surface area contributed by atoms with Crippen LogP contribution in [0, 0.1) is 11.3 Å². The van der Waals surface area contributed by atoms with E-state index < -0.39 is 0 Å². The number of hydrogen-bond acceptors (Lipinski definition) is 3. The molecule has 0 aromatic heterocycles. The predicted octanol–water partition coefficient (Wildman–Crippen LogP) is 1.98. The van der Waals surface area contributed by atoms with Gasteiger partial charge in [0.25, 0.3) is 0 Å². The molecular weight excluding hydrogens is 210 g/mol. The summed E-state index contributed by atoms with van der Waals surface area (Å²) in [7, 11) is 0. The molecule has 2 saturated carbocycles. The minimum Gasteiger partial charge on any atom is -0.310 e. The van der Waals surface area contributed by atoms with Crippen LogP contribution in [0.2, 0.25) is 0 Å². The maximum atomic E-state index is 7.68. The van der Waals surface area contributed by atoms with E-state index in [-0.39, 0.29) is 0 Å². The summed E-state index contributed by atoms with van der Waals surface area (Å²) in [5.41, 5.74) is 0.980. The predicted molar refractivity (Wildman–Crippen MR) is 70.7 cm³/mol. The average molecular weight is 235 g/mol. The van der Waals surface area contributed by atoms with Crippen LogP contribution in [-0.4, -0.2) is 54.3 Å². The molecule has 3 nitrogen and oxygen atoms in total. The lowest BCUT2D eigenvalue weighted by Gasteiger charge is -2.40. The quantitative estimate of drug-likeness (QED) is 0.811. The molecule has 0 aromatic carbocycles. The molecule has 0 amide bonds. The van der Waals surface area contributed by atoms with Crippen LogP contribution >= 0.6 is 0 Å². The molecule has 3 heteroatoms.